The zero-order chi connectivity index (χ0) is 20.0. The molecule has 1 fully saturated rings. The van der Waals surface area contributed by atoms with Crippen LogP contribution in [0.3, 0.4) is 0 Å². The highest BCUT2D eigenvalue weighted by molar-refractivity contribution is 5.41. The molecule has 0 spiro atoms. The zero-order valence-corrected chi connectivity index (χ0v) is 15.5. The van der Waals surface area contributed by atoms with Crippen LogP contribution in [0.25, 0.3) is 11.4 Å². The summed E-state index contributed by atoms with van der Waals surface area (Å²) in [4.78, 5) is 13.1. The van der Waals surface area contributed by atoms with Gasteiger partial charge < -0.3 is 4.74 Å². The smallest absolute Gasteiger partial charge is 0.333 e. The van der Waals surface area contributed by atoms with Gasteiger partial charge in [0.25, 0.3) is 0 Å². The number of ether oxygens (including phenoxy) is 1. The highest BCUT2D eigenvalue weighted by Gasteiger charge is 2.54. The van der Waals surface area contributed by atoms with Crippen LogP contribution in [0.4, 0.5) is 4.39 Å². The van der Waals surface area contributed by atoms with E-state index < -0.39 is 5.60 Å². The molecule has 9 heteroatoms. The Balaban J connectivity index is 1.47. The Morgan fingerprint density at radius 3 is 2.48 bits per heavy atom. The van der Waals surface area contributed by atoms with Gasteiger partial charge in [-0.1, -0.05) is 18.2 Å². The molecule has 5 rings (SSSR count). The Morgan fingerprint density at radius 1 is 1.10 bits per heavy atom. The number of imidazole rings is 1. The largest absolute Gasteiger partial charge is 0.362 e. The minimum atomic E-state index is -0.828. The lowest BCUT2D eigenvalue weighted by Crippen LogP contribution is -2.32. The van der Waals surface area contributed by atoms with Gasteiger partial charge in [-0.25, -0.2) is 13.9 Å². The van der Waals surface area contributed by atoms with Crippen molar-refractivity contribution in [1.82, 2.24) is 29.3 Å². The normalized spacial score (nSPS) is 19.2. The molecule has 0 N–H and O–H groups in total. The average molecular weight is 392 g/mol. The summed E-state index contributed by atoms with van der Waals surface area (Å²) in [7, 11) is 0. The van der Waals surface area contributed by atoms with E-state index in [0.29, 0.717) is 17.9 Å². The van der Waals surface area contributed by atoms with Gasteiger partial charge in [0, 0.05) is 18.0 Å². The second-order valence-electron chi connectivity index (χ2n) is 6.96. The lowest BCUT2D eigenvalue weighted by Gasteiger charge is -2.21. The molecule has 3 heterocycles. The van der Waals surface area contributed by atoms with Crippen molar-refractivity contribution in [1.29, 1.82) is 0 Å². The van der Waals surface area contributed by atoms with Crippen LogP contribution in [-0.2, 0) is 10.3 Å². The fraction of sp³-hybridized carbons (Fsp3) is 0.200. The Hall–Kier alpha value is -3.59. The third-order valence-corrected chi connectivity index (χ3v) is 5.42. The molecule has 4 aromatic rings. The molecule has 0 radical (unpaired) electrons. The van der Waals surface area contributed by atoms with Crippen molar-refractivity contribution in [2.75, 3.05) is 6.61 Å². The van der Waals surface area contributed by atoms with Gasteiger partial charge in [0.2, 0.25) is 0 Å². The molecule has 0 unspecified atom stereocenters. The van der Waals surface area contributed by atoms with Gasteiger partial charge in [0.15, 0.2) is 0 Å². The number of hydrogen-bond acceptors (Lipinski definition) is 5. The van der Waals surface area contributed by atoms with Gasteiger partial charge >= 0.3 is 5.69 Å². The van der Waals surface area contributed by atoms with E-state index in [0.717, 1.165) is 5.69 Å². The van der Waals surface area contributed by atoms with Crippen LogP contribution in [0.15, 0.2) is 72.0 Å². The summed E-state index contributed by atoms with van der Waals surface area (Å²) in [5.74, 6) is -0.331. The van der Waals surface area contributed by atoms with E-state index in [1.165, 1.54) is 21.6 Å². The van der Waals surface area contributed by atoms with E-state index in [9.17, 15) is 9.18 Å². The number of nitrogens with zero attached hydrogens (tertiary/aromatic N) is 6. The van der Waals surface area contributed by atoms with Crippen molar-refractivity contribution < 1.29 is 9.13 Å². The molecule has 1 aliphatic rings. The maximum Gasteiger partial charge on any atom is 0.333 e. The molecule has 0 saturated carbocycles. The number of rotatable bonds is 5. The summed E-state index contributed by atoms with van der Waals surface area (Å²) in [5.41, 5.74) is 0.904. The summed E-state index contributed by atoms with van der Waals surface area (Å²) >= 11 is 0. The van der Waals surface area contributed by atoms with E-state index in [2.05, 4.69) is 15.5 Å². The molecule has 0 amide bonds. The quantitative estimate of drug-likeness (QED) is 0.487. The van der Waals surface area contributed by atoms with Crippen LogP contribution in [-0.4, -0.2) is 35.9 Å². The first-order chi connectivity index (χ1) is 14.1. The van der Waals surface area contributed by atoms with E-state index >= 15 is 0 Å². The van der Waals surface area contributed by atoms with Crippen molar-refractivity contribution in [2.24, 2.45) is 0 Å². The fourth-order valence-electron chi connectivity index (χ4n) is 3.66. The topological polar surface area (TPSA) is 83.1 Å². The first-order valence-electron chi connectivity index (χ1n) is 9.12. The second-order valence-corrected chi connectivity index (χ2v) is 6.96. The SMILES string of the molecule is C[C@@H](n1ccn(-c2ccc(-n3cnnn3)cc2)c1=O)[C@@]1(c2ccccc2F)CO1. The lowest BCUT2D eigenvalue weighted by atomic mass is 9.92. The molecule has 0 bridgehead atoms. The molecule has 1 saturated heterocycles. The van der Waals surface area contributed by atoms with E-state index in [-0.39, 0.29) is 17.5 Å². The summed E-state index contributed by atoms with van der Waals surface area (Å²) < 4.78 is 24.7. The fourth-order valence-corrected chi connectivity index (χ4v) is 3.66. The predicted octanol–water partition coefficient (Wildman–Crippen LogP) is 2.24. The van der Waals surface area contributed by atoms with Crippen LogP contribution in [0.5, 0.6) is 0 Å². The standard InChI is InChI=1S/C20H17FN6O2/c1-14(20(12-29-20)17-4-2-3-5-18(17)21)25-10-11-26(19(25)28)15-6-8-16(9-7-15)27-13-22-23-24-27/h2-11,13-14H,12H2,1H3/t14-,20-/m1/s1. The summed E-state index contributed by atoms with van der Waals surface area (Å²) in [6, 6.07) is 13.4. The van der Waals surface area contributed by atoms with Crippen LogP contribution in [0.1, 0.15) is 18.5 Å². The number of halogens is 1. The van der Waals surface area contributed by atoms with Crippen LogP contribution >= 0.6 is 0 Å². The molecule has 29 heavy (non-hydrogen) atoms. The zero-order valence-electron chi connectivity index (χ0n) is 15.5. The number of epoxide rings is 1. The summed E-state index contributed by atoms with van der Waals surface area (Å²) in [6.45, 7) is 2.24. The first-order valence-corrected chi connectivity index (χ1v) is 9.12. The minimum absolute atomic E-state index is 0.223. The third kappa shape index (κ3) is 2.78. The molecule has 2 aromatic heterocycles. The maximum absolute atomic E-state index is 14.3. The molecule has 1 aliphatic heterocycles. The Labute approximate surface area is 164 Å². The van der Waals surface area contributed by atoms with Gasteiger partial charge in [-0.3, -0.25) is 9.13 Å². The number of tetrazole rings is 1. The van der Waals surface area contributed by atoms with Crippen molar-refractivity contribution >= 4 is 0 Å². The first kappa shape index (κ1) is 17.5. The minimum Gasteiger partial charge on any atom is -0.362 e. The number of aromatic nitrogens is 6. The van der Waals surface area contributed by atoms with E-state index in [1.807, 2.05) is 31.2 Å². The Bertz CT molecular complexity index is 1210. The van der Waals surface area contributed by atoms with Crippen LogP contribution in [0.2, 0.25) is 0 Å². The monoisotopic (exact) mass is 392 g/mol. The second kappa shape index (κ2) is 6.49. The highest BCUT2D eigenvalue weighted by atomic mass is 19.1. The predicted molar refractivity (Wildman–Crippen MR) is 101 cm³/mol. The summed E-state index contributed by atoms with van der Waals surface area (Å²) in [5, 5.41) is 11.1. The van der Waals surface area contributed by atoms with Crippen molar-refractivity contribution in [2.45, 2.75) is 18.6 Å². The van der Waals surface area contributed by atoms with Gasteiger partial charge in [-0.2, -0.15) is 0 Å². The molecule has 8 nitrogen and oxygen atoms in total. The molecule has 2 atom stereocenters. The molecular formula is C20H17FN6O2. The molecular weight excluding hydrogens is 375 g/mol. The van der Waals surface area contributed by atoms with Gasteiger partial charge in [0.1, 0.15) is 17.7 Å². The Kier molecular flexibility index (Phi) is 3.92. The summed E-state index contributed by atoms with van der Waals surface area (Å²) in [6.07, 6.45) is 4.89. The van der Waals surface area contributed by atoms with Crippen molar-refractivity contribution in [3.05, 3.63) is 89.1 Å². The van der Waals surface area contributed by atoms with Gasteiger partial charge in [0.05, 0.1) is 24.0 Å². The van der Waals surface area contributed by atoms with Gasteiger partial charge in [-0.05, 0) is 47.7 Å². The van der Waals surface area contributed by atoms with Crippen molar-refractivity contribution in [3.8, 4) is 11.4 Å². The number of hydrogen-bond donors (Lipinski definition) is 0. The van der Waals surface area contributed by atoms with Crippen LogP contribution < -0.4 is 5.69 Å². The third-order valence-electron chi connectivity index (χ3n) is 5.42. The number of benzene rings is 2. The average Bonchev–Trinajstić information content (AvgIpc) is 3.18. The highest BCUT2D eigenvalue weighted by Crippen LogP contribution is 2.48. The lowest BCUT2D eigenvalue weighted by molar-refractivity contribution is 0.222. The molecule has 146 valence electrons. The molecule has 2 aromatic carbocycles. The maximum atomic E-state index is 14.3. The molecule has 0 aliphatic carbocycles. The Morgan fingerprint density at radius 2 is 1.83 bits per heavy atom. The van der Waals surface area contributed by atoms with Gasteiger partial charge in [-0.15, -0.1) is 5.10 Å². The van der Waals surface area contributed by atoms with Crippen LogP contribution in [0, 0.1) is 5.82 Å². The van der Waals surface area contributed by atoms with E-state index in [1.54, 1.807) is 35.2 Å². The van der Waals surface area contributed by atoms with Crippen molar-refractivity contribution in [3.63, 3.8) is 0 Å². The van der Waals surface area contributed by atoms with E-state index in [4.69, 9.17) is 4.74 Å².